The summed E-state index contributed by atoms with van der Waals surface area (Å²) in [7, 11) is -1.79. The number of thiophene rings is 1. The van der Waals surface area contributed by atoms with Crippen LogP contribution in [0.5, 0.6) is 0 Å². The standard InChI is InChI=1S/C26H27N5O3S2/c1-3-18-8-9-21-19(14-18)15-25(28-21)36(33,34)30-12-13-31(20(17-30)6-4-10-27)26(32)24-16-22-23(35-24)7-5-11-29(22)2/h1,8-9,14-16,20,28H,4-7,11-13,17H2,2H3. The number of sulfonamides is 1. The van der Waals surface area contributed by atoms with Crippen molar-refractivity contribution in [2.75, 3.05) is 38.1 Å². The van der Waals surface area contributed by atoms with Gasteiger partial charge in [0.1, 0.15) is 5.03 Å². The summed E-state index contributed by atoms with van der Waals surface area (Å²) in [6.45, 7) is 1.57. The van der Waals surface area contributed by atoms with Gasteiger partial charge in [0.05, 0.1) is 16.6 Å². The number of nitrogens with zero attached hydrogens (tertiary/aromatic N) is 4. The molecule has 1 atom stereocenters. The van der Waals surface area contributed by atoms with E-state index < -0.39 is 10.0 Å². The number of carbonyl (C=O) groups is 1. The average molecular weight is 522 g/mol. The molecule has 36 heavy (non-hydrogen) atoms. The first-order chi connectivity index (χ1) is 17.3. The molecule has 2 aromatic heterocycles. The molecule has 2 aliphatic heterocycles. The molecule has 3 aromatic rings. The van der Waals surface area contributed by atoms with E-state index in [0.29, 0.717) is 22.4 Å². The minimum Gasteiger partial charge on any atom is -0.374 e. The fourth-order valence-electron chi connectivity index (χ4n) is 5.03. The lowest BCUT2D eigenvalue weighted by atomic mass is 10.1. The van der Waals surface area contributed by atoms with Crippen LogP contribution in [0.15, 0.2) is 35.4 Å². The molecule has 1 N–H and O–H groups in total. The maximum Gasteiger partial charge on any atom is 0.264 e. The quantitative estimate of drug-likeness (QED) is 0.519. The summed E-state index contributed by atoms with van der Waals surface area (Å²) in [6.07, 6.45) is 8.17. The molecule has 186 valence electrons. The SMILES string of the molecule is C#Cc1ccc2[nH]c(S(=O)(=O)N3CCN(C(=O)c4cc5c(s4)CCCN5C)C(CCC#N)C3)cc2c1. The molecule has 1 amide bonds. The third-order valence-corrected chi connectivity index (χ3v) is 9.94. The Morgan fingerprint density at radius 1 is 1.25 bits per heavy atom. The van der Waals surface area contributed by atoms with Crippen molar-refractivity contribution in [3.05, 3.63) is 45.6 Å². The summed E-state index contributed by atoms with van der Waals surface area (Å²) in [5.74, 6) is 2.48. The van der Waals surface area contributed by atoms with Gasteiger partial charge in [-0.3, -0.25) is 4.79 Å². The summed E-state index contributed by atoms with van der Waals surface area (Å²) < 4.78 is 28.5. The Hall–Kier alpha value is -3.31. The number of nitrogens with one attached hydrogen (secondary N) is 1. The predicted molar refractivity (Wildman–Crippen MR) is 141 cm³/mol. The van der Waals surface area contributed by atoms with E-state index in [0.717, 1.165) is 30.5 Å². The average Bonchev–Trinajstić information content (AvgIpc) is 3.52. The minimum absolute atomic E-state index is 0.0878. The van der Waals surface area contributed by atoms with E-state index in [1.54, 1.807) is 29.2 Å². The normalized spacial score (nSPS) is 18.6. The van der Waals surface area contributed by atoms with Gasteiger partial charge in [0.15, 0.2) is 0 Å². The van der Waals surface area contributed by atoms with Crippen molar-refractivity contribution < 1.29 is 13.2 Å². The zero-order valence-corrected chi connectivity index (χ0v) is 21.7. The largest absolute Gasteiger partial charge is 0.374 e. The van der Waals surface area contributed by atoms with Gasteiger partial charge in [0.2, 0.25) is 0 Å². The van der Waals surface area contributed by atoms with E-state index in [4.69, 9.17) is 6.42 Å². The van der Waals surface area contributed by atoms with Gasteiger partial charge in [-0.05, 0) is 49.6 Å². The zero-order chi connectivity index (χ0) is 25.4. The van der Waals surface area contributed by atoms with Crippen molar-refractivity contribution in [2.45, 2.75) is 36.8 Å². The highest BCUT2D eigenvalue weighted by atomic mass is 32.2. The molecule has 0 bridgehead atoms. The van der Waals surface area contributed by atoms with Crippen molar-refractivity contribution in [2.24, 2.45) is 0 Å². The Labute approximate surface area is 215 Å². The Morgan fingerprint density at radius 2 is 2.08 bits per heavy atom. The monoisotopic (exact) mass is 521 g/mol. The summed E-state index contributed by atoms with van der Waals surface area (Å²) in [6, 6.07) is 10.6. The summed E-state index contributed by atoms with van der Waals surface area (Å²) in [5, 5.41) is 10.0. The molecule has 0 spiro atoms. The maximum atomic E-state index is 13.5. The summed E-state index contributed by atoms with van der Waals surface area (Å²) in [5.41, 5.74) is 2.47. The van der Waals surface area contributed by atoms with Crippen LogP contribution in [0.3, 0.4) is 0 Å². The second-order valence-electron chi connectivity index (χ2n) is 9.24. The van der Waals surface area contributed by atoms with E-state index in [-0.39, 0.29) is 43.0 Å². The van der Waals surface area contributed by atoms with Crippen LogP contribution < -0.4 is 4.90 Å². The molecule has 1 unspecified atom stereocenters. The summed E-state index contributed by atoms with van der Waals surface area (Å²) in [4.78, 5) is 22.4. The minimum atomic E-state index is -3.82. The maximum absolute atomic E-state index is 13.5. The van der Waals surface area contributed by atoms with Crippen LogP contribution in [0.1, 0.15) is 39.4 Å². The van der Waals surface area contributed by atoms with Crippen LogP contribution in [-0.2, 0) is 16.4 Å². The van der Waals surface area contributed by atoms with Crippen LogP contribution in [0, 0.1) is 23.7 Å². The highest BCUT2D eigenvalue weighted by Crippen LogP contribution is 2.35. The highest BCUT2D eigenvalue weighted by molar-refractivity contribution is 7.89. The third kappa shape index (κ3) is 4.37. The van der Waals surface area contributed by atoms with Gasteiger partial charge in [-0.1, -0.05) is 5.92 Å². The van der Waals surface area contributed by atoms with Crippen molar-refractivity contribution in [3.63, 3.8) is 0 Å². The van der Waals surface area contributed by atoms with E-state index in [2.05, 4.69) is 21.9 Å². The first kappa shape index (κ1) is 24.4. The molecular formula is C26H27N5O3S2. The van der Waals surface area contributed by atoms with Crippen LogP contribution in [0.2, 0.25) is 0 Å². The molecule has 1 saturated heterocycles. The lowest BCUT2D eigenvalue weighted by Gasteiger charge is -2.40. The molecule has 0 radical (unpaired) electrons. The van der Waals surface area contributed by atoms with Crippen LogP contribution in [0.4, 0.5) is 5.69 Å². The molecule has 1 aromatic carbocycles. The third-order valence-electron chi connectivity index (χ3n) is 6.98. The number of aromatic amines is 1. The highest BCUT2D eigenvalue weighted by Gasteiger charge is 2.38. The second-order valence-corrected chi connectivity index (χ2v) is 12.3. The van der Waals surface area contributed by atoms with Crippen LogP contribution in [0.25, 0.3) is 10.9 Å². The molecule has 0 aliphatic carbocycles. The van der Waals surface area contributed by atoms with Crippen molar-refractivity contribution in [1.29, 1.82) is 5.26 Å². The summed E-state index contributed by atoms with van der Waals surface area (Å²) >= 11 is 1.53. The molecule has 5 rings (SSSR count). The molecule has 8 nitrogen and oxygen atoms in total. The van der Waals surface area contributed by atoms with Gasteiger partial charge >= 0.3 is 0 Å². The molecular weight excluding hydrogens is 494 g/mol. The van der Waals surface area contributed by atoms with Gasteiger partial charge in [-0.25, -0.2) is 8.42 Å². The van der Waals surface area contributed by atoms with E-state index in [1.165, 1.54) is 20.5 Å². The number of aromatic nitrogens is 1. The fraction of sp³-hybridized carbons (Fsp3) is 0.385. The fourth-order valence-corrected chi connectivity index (χ4v) is 7.72. The Bertz CT molecular complexity index is 1510. The van der Waals surface area contributed by atoms with Crippen molar-refractivity contribution >= 4 is 43.9 Å². The van der Waals surface area contributed by atoms with Crippen LogP contribution >= 0.6 is 11.3 Å². The molecule has 10 heteroatoms. The Kier molecular flexibility index (Phi) is 6.52. The number of anilines is 1. The number of nitriles is 1. The lowest BCUT2D eigenvalue weighted by molar-refractivity contribution is 0.0558. The lowest BCUT2D eigenvalue weighted by Crippen LogP contribution is -2.56. The number of aryl methyl sites for hydroxylation is 1. The van der Waals surface area contributed by atoms with Crippen molar-refractivity contribution in [3.8, 4) is 18.4 Å². The van der Waals surface area contributed by atoms with E-state index in [9.17, 15) is 18.5 Å². The Balaban J connectivity index is 1.39. The smallest absolute Gasteiger partial charge is 0.264 e. The molecule has 1 fully saturated rings. The second kappa shape index (κ2) is 9.62. The predicted octanol–water partition coefficient (Wildman–Crippen LogP) is 3.41. The number of H-pyrrole nitrogens is 1. The van der Waals surface area contributed by atoms with E-state index in [1.807, 2.05) is 13.1 Å². The first-order valence-corrected chi connectivity index (χ1v) is 14.2. The number of rotatable bonds is 5. The topological polar surface area (TPSA) is 101 Å². The number of piperazine rings is 1. The molecule has 0 saturated carbocycles. The zero-order valence-electron chi connectivity index (χ0n) is 20.0. The van der Waals surface area contributed by atoms with E-state index >= 15 is 0 Å². The van der Waals surface area contributed by atoms with Gasteiger partial charge in [0.25, 0.3) is 15.9 Å². The van der Waals surface area contributed by atoms with Gasteiger partial charge in [-0.15, -0.1) is 17.8 Å². The van der Waals surface area contributed by atoms with Gasteiger partial charge in [-0.2, -0.15) is 9.57 Å². The first-order valence-electron chi connectivity index (χ1n) is 11.9. The molecule has 2 aliphatic rings. The number of benzene rings is 1. The van der Waals surface area contributed by atoms with Crippen LogP contribution in [-0.4, -0.2) is 67.8 Å². The van der Waals surface area contributed by atoms with Gasteiger partial charge in [0, 0.05) is 67.0 Å². The Morgan fingerprint density at radius 3 is 2.83 bits per heavy atom. The number of amides is 1. The number of hydrogen-bond acceptors (Lipinski definition) is 6. The molecule has 4 heterocycles. The number of hydrogen-bond donors (Lipinski definition) is 1. The number of carbonyl (C=O) groups excluding carboxylic acids is 1. The van der Waals surface area contributed by atoms with Gasteiger partial charge < -0.3 is 14.8 Å². The van der Waals surface area contributed by atoms with Crippen molar-refractivity contribution in [1.82, 2.24) is 14.2 Å². The number of fused-ring (bicyclic) bond motifs is 2. The number of terminal acetylenes is 1.